The predicted octanol–water partition coefficient (Wildman–Crippen LogP) is 4.20. The zero-order valence-corrected chi connectivity index (χ0v) is 13.6. The fourth-order valence-electron chi connectivity index (χ4n) is 2.19. The second kappa shape index (κ2) is 8.44. The van der Waals surface area contributed by atoms with E-state index in [1.165, 1.54) is 11.1 Å². The van der Waals surface area contributed by atoms with Crippen molar-refractivity contribution in [2.45, 2.75) is 17.4 Å². The molecule has 1 N–H and O–H groups in total. The van der Waals surface area contributed by atoms with Crippen molar-refractivity contribution < 1.29 is 4.79 Å². The lowest BCUT2D eigenvalue weighted by molar-refractivity contribution is -0.120. The molecule has 0 fully saturated rings. The molecule has 0 bridgehead atoms. The lowest BCUT2D eigenvalue weighted by Gasteiger charge is -2.21. The number of thioether (sulfide) groups is 1. The first kappa shape index (κ1) is 16.4. The molecule has 3 heteroatoms. The van der Waals surface area contributed by atoms with E-state index in [1.807, 2.05) is 43.3 Å². The van der Waals surface area contributed by atoms with E-state index in [0.29, 0.717) is 6.54 Å². The SMILES string of the molecule is C=CCNC(=O)[C@H](C)SC(c1ccccc1)c1ccccc1. The van der Waals surface area contributed by atoms with Crippen LogP contribution in [0.1, 0.15) is 23.3 Å². The average Bonchev–Trinajstić information content (AvgIpc) is 2.58. The number of hydrogen-bond donors (Lipinski definition) is 1. The molecule has 2 aromatic carbocycles. The summed E-state index contributed by atoms with van der Waals surface area (Å²) in [6, 6.07) is 20.6. The summed E-state index contributed by atoms with van der Waals surface area (Å²) in [7, 11) is 0. The Kier molecular flexibility index (Phi) is 6.28. The highest BCUT2D eigenvalue weighted by Gasteiger charge is 2.21. The van der Waals surface area contributed by atoms with Gasteiger partial charge in [-0.3, -0.25) is 4.79 Å². The molecule has 2 nitrogen and oxygen atoms in total. The summed E-state index contributed by atoms with van der Waals surface area (Å²) < 4.78 is 0. The molecule has 0 aromatic heterocycles. The third-order valence-corrected chi connectivity index (χ3v) is 4.77. The number of carbonyl (C=O) groups excluding carboxylic acids is 1. The van der Waals surface area contributed by atoms with E-state index in [1.54, 1.807) is 17.8 Å². The summed E-state index contributed by atoms with van der Waals surface area (Å²) in [4.78, 5) is 12.1. The Bertz CT molecular complexity index is 558. The molecule has 0 saturated heterocycles. The highest BCUT2D eigenvalue weighted by atomic mass is 32.2. The van der Waals surface area contributed by atoms with Crippen LogP contribution >= 0.6 is 11.8 Å². The second-order valence-corrected chi connectivity index (χ2v) is 6.46. The third kappa shape index (κ3) is 4.50. The molecule has 0 unspecified atom stereocenters. The van der Waals surface area contributed by atoms with Gasteiger partial charge in [-0.25, -0.2) is 0 Å². The van der Waals surface area contributed by atoms with Crippen LogP contribution in [0, 0.1) is 0 Å². The maximum atomic E-state index is 12.1. The summed E-state index contributed by atoms with van der Waals surface area (Å²) in [6.07, 6.45) is 1.70. The average molecular weight is 311 g/mol. The standard InChI is InChI=1S/C19H21NOS/c1-3-14-20-19(21)15(2)22-18(16-10-6-4-7-11-16)17-12-8-5-9-13-17/h3-13,15,18H,1,14H2,2H3,(H,20,21)/t15-/m0/s1. The van der Waals surface area contributed by atoms with Crippen LogP contribution < -0.4 is 5.32 Å². The molecule has 0 aliphatic heterocycles. The van der Waals surface area contributed by atoms with E-state index in [2.05, 4.69) is 36.2 Å². The fourth-order valence-corrected chi connectivity index (χ4v) is 3.43. The van der Waals surface area contributed by atoms with Gasteiger partial charge in [-0.05, 0) is 18.1 Å². The number of rotatable bonds is 7. The first-order chi connectivity index (χ1) is 10.7. The summed E-state index contributed by atoms with van der Waals surface area (Å²) in [5.74, 6) is 0.0433. The molecule has 1 amide bonds. The van der Waals surface area contributed by atoms with E-state index >= 15 is 0 Å². The molecule has 0 radical (unpaired) electrons. The number of hydrogen-bond acceptors (Lipinski definition) is 2. The second-order valence-electron chi connectivity index (χ2n) is 5.01. The molecule has 0 heterocycles. The topological polar surface area (TPSA) is 29.1 Å². The molecule has 0 spiro atoms. The lowest BCUT2D eigenvalue weighted by atomic mass is 10.0. The first-order valence-corrected chi connectivity index (χ1v) is 8.30. The zero-order valence-electron chi connectivity index (χ0n) is 12.7. The van der Waals surface area contributed by atoms with Crippen LogP contribution in [-0.4, -0.2) is 17.7 Å². The molecule has 2 aromatic rings. The van der Waals surface area contributed by atoms with Crippen LogP contribution in [0.25, 0.3) is 0 Å². The molecule has 0 aliphatic carbocycles. The smallest absolute Gasteiger partial charge is 0.233 e. The Hall–Kier alpha value is -2.00. The Balaban J connectivity index is 2.19. The van der Waals surface area contributed by atoms with Gasteiger partial charge >= 0.3 is 0 Å². The Morgan fingerprint density at radius 2 is 1.59 bits per heavy atom. The Morgan fingerprint density at radius 1 is 1.09 bits per heavy atom. The maximum Gasteiger partial charge on any atom is 0.233 e. The molecular weight excluding hydrogens is 290 g/mol. The van der Waals surface area contributed by atoms with Gasteiger partial charge in [0.15, 0.2) is 0 Å². The fraction of sp³-hybridized carbons (Fsp3) is 0.211. The van der Waals surface area contributed by atoms with Crippen molar-refractivity contribution in [1.29, 1.82) is 0 Å². The van der Waals surface area contributed by atoms with Crippen LogP contribution in [0.4, 0.5) is 0 Å². The van der Waals surface area contributed by atoms with E-state index in [9.17, 15) is 4.79 Å². The third-order valence-electron chi connectivity index (χ3n) is 3.33. The maximum absolute atomic E-state index is 12.1. The van der Waals surface area contributed by atoms with Gasteiger partial charge in [0.1, 0.15) is 0 Å². The molecule has 0 saturated carbocycles. The van der Waals surface area contributed by atoms with Gasteiger partial charge in [0, 0.05) is 6.54 Å². The minimum absolute atomic E-state index is 0.0433. The van der Waals surface area contributed by atoms with E-state index in [0.717, 1.165) is 0 Å². The van der Waals surface area contributed by atoms with Crippen molar-refractivity contribution in [1.82, 2.24) is 5.32 Å². The quantitative estimate of drug-likeness (QED) is 0.776. The molecule has 22 heavy (non-hydrogen) atoms. The molecular formula is C19H21NOS. The monoisotopic (exact) mass is 311 g/mol. The van der Waals surface area contributed by atoms with Gasteiger partial charge < -0.3 is 5.32 Å². The minimum atomic E-state index is -0.134. The van der Waals surface area contributed by atoms with Gasteiger partial charge in [0.25, 0.3) is 0 Å². The van der Waals surface area contributed by atoms with E-state index in [-0.39, 0.29) is 16.4 Å². The number of benzene rings is 2. The van der Waals surface area contributed by atoms with Gasteiger partial charge in [0.2, 0.25) is 5.91 Å². The highest BCUT2D eigenvalue weighted by molar-refractivity contribution is 8.01. The number of amides is 1. The summed E-state index contributed by atoms with van der Waals surface area (Å²) >= 11 is 1.66. The molecule has 114 valence electrons. The zero-order chi connectivity index (χ0) is 15.8. The van der Waals surface area contributed by atoms with Crippen molar-refractivity contribution in [3.05, 3.63) is 84.4 Å². The Morgan fingerprint density at radius 3 is 2.05 bits per heavy atom. The van der Waals surface area contributed by atoms with E-state index < -0.39 is 0 Å². The van der Waals surface area contributed by atoms with Gasteiger partial charge in [-0.15, -0.1) is 18.3 Å². The highest BCUT2D eigenvalue weighted by Crippen LogP contribution is 2.38. The van der Waals surface area contributed by atoms with Crippen molar-refractivity contribution in [2.75, 3.05) is 6.54 Å². The predicted molar refractivity (Wildman–Crippen MR) is 95.0 cm³/mol. The van der Waals surface area contributed by atoms with Crippen molar-refractivity contribution in [3.63, 3.8) is 0 Å². The summed E-state index contributed by atoms with van der Waals surface area (Å²) in [5.41, 5.74) is 2.42. The van der Waals surface area contributed by atoms with Crippen molar-refractivity contribution in [3.8, 4) is 0 Å². The first-order valence-electron chi connectivity index (χ1n) is 7.36. The van der Waals surface area contributed by atoms with Gasteiger partial charge in [0.05, 0.1) is 10.5 Å². The molecule has 0 aliphatic rings. The minimum Gasteiger partial charge on any atom is -0.352 e. The van der Waals surface area contributed by atoms with E-state index in [4.69, 9.17) is 0 Å². The number of nitrogens with one attached hydrogen (secondary N) is 1. The van der Waals surface area contributed by atoms with Crippen LogP contribution in [0.3, 0.4) is 0 Å². The van der Waals surface area contributed by atoms with Crippen LogP contribution in [0.5, 0.6) is 0 Å². The largest absolute Gasteiger partial charge is 0.352 e. The molecule has 1 atom stereocenters. The van der Waals surface area contributed by atoms with Gasteiger partial charge in [-0.2, -0.15) is 0 Å². The number of carbonyl (C=O) groups is 1. The van der Waals surface area contributed by atoms with Crippen LogP contribution in [0.15, 0.2) is 73.3 Å². The lowest BCUT2D eigenvalue weighted by Crippen LogP contribution is -2.31. The summed E-state index contributed by atoms with van der Waals surface area (Å²) in [6.45, 7) is 6.08. The van der Waals surface area contributed by atoms with Gasteiger partial charge in [-0.1, -0.05) is 66.7 Å². The van der Waals surface area contributed by atoms with Crippen LogP contribution in [0.2, 0.25) is 0 Å². The van der Waals surface area contributed by atoms with Crippen LogP contribution in [-0.2, 0) is 4.79 Å². The molecule has 2 rings (SSSR count). The normalized spacial score (nSPS) is 11.9. The Labute approximate surface area is 136 Å². The van der Waals surface area contributed by atoms with Crippen molar-refractivity contribution >= 4 is 17.7 Å². The summed E-state index contributed by atoms with van der Waals surface area (Å²) in [5, 5.41) is 2.87. The van der Waals surface area contributed by atoms with Crippen molar-refractivity contribution in [2.24, 2.45) is 0 Å².